The highest BCUT2D eigenvalue weighted by atomic mass is 16.8. The van der Waals surface area contributed by atoms with Crippen molar-refractivity contribution in [3.8, 4) is 0 Å². The maximum absolute atomic E-state index is 14.9. The summed E-state index contributed by atoms with van der Waals surface area (Å²) in [7, 11) is 1.33. The second-order valence-electron chi connectivity index (χ2n) is 22.5. The Balaban J connectivity index is 1.04. The number of benzene rings is 6. The highest BCUT2D eigenvalue weighted by Crippen LogP contribution is 2.42. The lowest BCUT2D eigenvalue weighted by Gasteiger charge is -2.52. The largest absolute Gasteiger partial charge is 0.463 e. The summed E-state index contributed by atoms with van der Waals surface area (Å²) in [6.07, 6.45) is -17.8. The predicted molar refractivity (Wildman–Crippen MR) is 319 cm³/mol. The Morgan fingerprint density at radius 3 is 1.19 bits per heavy atom. The third-order valence-corrected chi connectivity index (χ3v) is 16.3. The van der Waals surface area contributed by atoms with Gasteiger partial charge in [0, 0.05) is 27.9 Å². The molecule has 0 unspecified atom stereocenters. The minimum absolute atomic E-state index is 0.0200. The third kappa shape index (κ3) is 14.4. The molecule has 0 saturated carbocycles. The van der Waals surface area contributed by atoms with E-state index in [1.54, 1.807) is 48.5 Å². The van der Waals surface area contributed by atoms with Crippen LogP contribution in [0, 0.1) is 0 Å². The van der Waals surface area contributed by atoms with E-state index >= 15 is 0 Å². The average molecular weight is 1250 g/mol. The molecule has 0 N–H and O–H groups in total. The second kappa shape index (κ2) is 29.3. The number of amides is 4. The number of rotatable bonds is 24. The van der Waals surface area contributed by atoms with Gasteiger partial charge in [0.15, 0.2) is 31.1 Å². The second-order valence-corrected chi connectivity index (χ2v) is 22.5. The van der Waals surface area contributed by atoms with Crippen LogP contribution in [0.25, 0.3) is 0 Å². The minimum Gasteiger partial charge on any atom is -0.463 e. The van der Waals surface area contributed by atoms with Gasteiger partial charge in [-0.15, -0.1) is 0 Å². The van der Waals surface area contributed by atoms with Crippen molar-refractivity contribution in [1.82, 2.24) is 9.80 Å². The van der Waals surface area contributed by atoms with Crippen molar-refractivity contribution in [3.63, 3.8) is 0 Å². The molecule has 0 radical (unpaired) electrons. The van der Waals surface area contributed by atoms with Crippen molar-refractivity contribution in [3.05, 3.63) is 214 Å². The zero-order valence-corrected chi connectivity index (χ0v) is 50.6. The van der Waals surface area contributed by atoms with Crippen LogP contribution in [0.3, 0.4) is 0 Å². The van der Waals surface area contributed by atoms with Crippen LogP contribution in [0.2, 0.25) is 0 Å². The lowest BCUT2D eigenvalue weighted by atomic mass is 9.92. The van der Waals surface area contributed by atoms with Gasteiger partial charge in [-0.1, -0.05) is 146 Å². The molecule has 4 amide bonds. The molecule has 0 aromatic heterocycles. The molecule has 3 saturated heterocycles. The Bertz CT molecular complexity index is 3460. The molecule has 15 atom stereocenters. The van der Waals surface area contributed by atoms with E-state index in [2.05, 4.69) is 0 Å². The van der Waals surface area contributed by atoms with Crippen LogP contribution in [-0.4, -0.2) is 164 Å². The van der Waals surface area contributed by atoms with Crippen LogP contribution in [0.1, 0.15) is 91.4 Å². The number of imide groups is 2. The Kier molecular flexibility index (Phi) is 20.6. The maximum Gasteiger partial charge on any atom is 0.303 e. The van der Waals surface area contributed by atoms with Gasteiger partial charge in [-0.05, 0) is 53.4 Å². The highest BCUT2D eigenvalue weighted by molar-refractivity contribution is 6.22. The fraction of sp³-hybridized carbons (Fsp3) is 0.377. The lowest BCUT2D eigenvalue weighted by Crippen LogP contribution is -2.71. The van der Waals surface area contributed by atoms with E-state index in [1.807, 2.05) is 104 Å². The van der Waals surface area contributed by atoms with Gasteiger partial charge >= 0.3 is 17.9 Å². The van der Waals surface area contributed by atoms with Crippen LogP contribution >= 0.6 is 0 Å². The van der Waals surface area contributed by atoms with Gasteiger partial charge in [0.05, 0.1) is 61.4 Å². The Morgan fingerprint density at radius 2 is 0.758 bits per heavy atom. The van der Waals surface area contributed by atoms with Gasteiger partial charge in [0.2, 0.25) is 0 Å². The normalized spacial score (nSPS) is 27.9. The molecule has 5 aliphatic heterocycles. The minimum atomic E-state index is -1.97. The highest BCUT2D eigenvalue weighted by Gasteiger charge is 2.62. The smallest absolute Gasteiger partial charge is 0.303 e. The van der Waals surface area contributed by atoms with E-state index in [0.717, 1.165) is 47.3 Å². The predicted octanol–water partition coefficient (Wildman–Crippen LogP) is 7.33. The third-order valence-electron chi connectivity index (χ3n) is 16.3. The van der Waals surface area contributed by atoms with Crippen LogP contribution in [-0.2, 0) is 102 Å². The van der Waals surface area contributed by atoms with E-state index in [1.165, 1.54) is 31.4 Å². The molecule has 22 nitrogen and oxygen atoms in total. The molecular formula is C69H70N2O20. The molecule has 0 spiro atoms. The van der Waals surface area contributed by atoms with Crippen LogP contribution < -0.4 is 0 Å². The maximum atomic E-state index is 14.9. The summed E-state index contributed by atoms with van der Waals surface area (Å²) >= 11 is 0. The number of hydrogen-bond donors (Lipinski definition) is 0. The zero-order valence-electron chi connectivity index (χ0n) is 50.6. The molecular weight excluding hydrogens is 1180 g/mol. The van der Waals surface area contributed by atoms with Crippen molar-refractivity contribution >= 4 is 41.5 Å². The van der Waals surface area contributed by atoms with Gasteiger partial charge in [0.1, 0.15) is 61.4 Å². The van der Waals surface area contributed by atoms with E-state index < -0.39 is 147 Å². The van der Waals surface area contributed by atoms with Gasteiger partial charge < -0.3 is 61.6 Å². The first-order valence-electron chi connectivity index (χ1n) is 30.0. The molecule has 3 fully saturated rings. The first kappa shape index (κ1) is 64.2. The van der Waals surface area contributed by atoms with Crippen LogP contribution in [0.4, 0.5) is 0 Å². The average Bonchev–Trinajstić information content (AvgIpc) is 1.70. The number of carbonyl (C=O) groups is 7. The number of carbonyl (C=O) groups excluding carboxylic acids is 7. The summed E-state index contributed by atoms with van der Waals surface area (Å²) in [5.41, 5.74) is 3.37. The van der Waals surface area contributed by atoms with Gasteiger partial charge in [-0.25, -0.2) is 0 Å². The first-order chi connectivity index (χ1) is 44.2. The van der Waals surface area contributed by atoms with Crippen molar-refractivity contribution in [2.24, 2.45) is 0 Å². The quantitative estimate of drug-likeness (QED) is 0.0327. The Labute approximate surface area is 525 Å². The lowest BCUT2D eigenvalue weighted by molar-refractivity contribution is -0.357. The summed E-state index contributed by atoms with van der Waals surface area (Å²) in [6, 6.07) is 46.7. The van der Waals surface area contributed by atoms with E-state index in [9.17, 15) is 33.6 Å². The SMILES string of the molecule is CO[C@@H]1O[C@H](CO[C@H]2O[C@@H](C)[C@@H](OCc3ccccc3)[C@@H](OCc3ccccc3)[C@@H]2OCc2ccccc2)[C@@H](O[C@@H]2O[C@H](COC(C)=O)[C@@H](OC(C)=O)[C@H](OC(C)=O)[C@H]2N2C(=O)c3ccccc3C2=O)[C@H](OCc2ccccc2)[C@H]1N1C(=O)c2ccccc2C1=O. The fourth-order valence-corrected chi connectivity index (χ4v) is 12.2. The number of esters is 3. The topological polar surface area (TPSA) is 246 Å². The van der Waals surface area contributed by atoms with Crippen molar-refractivity contribution < 1.29 is 95.1 Å². The molecule has 6 aromatic rings. The van der Waals surface area contributed by atoms with Crippen LogP contribution in [0.15, 0.2) is 170 Å². The summed E-state index contributed by atoms with van der Waals surface area (Å²) in [5.74, 6) is -5.77. The zero-order chi connectivity index (χ0) is 63.7. The summed E-state index contributed by atoms with van der Waals surface area (Å²) in [6.45, 7) is 4.19. The van der Waals surface area contributed by atoms with Crippen molar-refractivity contribution in [2.45, 2.75) is 146 Å². The van der Waals surface area contributed by atoms with E-state index in [4.69, 9.17) is 61.6 Å². The van der Waals surface area contributed by atoms with Crippen molar-refractivity contribution in [1.29, 1.82) is 0 Å². The molecule has 0 aliphatic carbocycles. The standard InChI is InChI=1S/C69H70N2O20/c1-40-56(81-34-44-22-10-6-11-23-44)61(83-36-46-26-14-8-15-27-46)62(84-37-47-28-16-9-17-29-47)69(86-40)85-39-53-57(59(82-35-45-24-12-7-13-25-45)54(67(79-5)89-53)70-63(75)48-30-18-19-31-49(48)64(70)76)91-68-55(71-65(77)50-32-20-21-33-51(50)66(71)78)60(88-43(4)74)58(87-42(3)73)52(90-68)38-80-41(2)72/h6-33,40,52-62,67-69H,34-39H2,1-5H3/t40-,52+,53+,54+,55+,56+,57+,58+,59+,60+,61+,62-,67+,68-,69-/m0/s1. The molecule has 5 aliphatic rings. The molecule has 5 heterocycles. The number of hydrogen-bond acceptors (Lipinski definition) is 20. The van der Waals surface area contributed by atoms with E-state index in [0.29, 0.717) is 5.56 Å². The Hall–Kier alpha value is -8.39. The van der Waals surface area contributed by atoms with Gasteiger partial charge in [-0.2, -0.15) is 0 Å². The van der Waals surface area contributed by atoms with Gasteiger partial charge in [-0.3, -0.25) is 43.4 Å². The summed E-state index contributed by atoms with van der Waals surface area (Å²) in [4.78, 5) is 101. The van der Waals surface area contributed by atoms with Gasteiger partial charge in [0.25, 0.3) is 23.6 Å². The monoisotopic (exact) mass is 1250 g/mol. The molecule has 476 valence electrons. The molecule has 0 bridgehead atoms. The molecule has 22 heteroatoms. The summed E-state index contributed by atoms with van der Waals surface area (Å²) in [5, 5.41) is 0. The Morgan fingerprint density at radius 1 is 0.385 bits per heavy atom. The molecule has 91 heavy (non-hydrogen) atoms. The van der Waals surface area contributed by atoms with Crippen LogP contribution in [0.5, 0.6) is 0 Å². The fourth-order valence-electron chi connectivity index (χ4n) is 12.2. The number of methoxy groups -OCH3 is 1. The number of nitrogens with zero attached hydrogens (tertiary/aromatic N) is 2. The molecule has 6 aromatic carbocycles. The first-order valence-corrected chi connectivity index (χ1v) is 30.0. The van der Waals surface area contributed by atoms with Crippen molar-refractivity contribution in [2.75, 3.05) is 20.3 Å². The summed E-state index contributed by atoms with van der Waals surface area (Å²) < 4.78 is 85.9. The number of ether oxygens (including phenoxy) is 13. The van der Waals surface area contributed by atoms with E-state index in [-0.39, 0.29) is 48.7 Å². The number of fused-ring (bicyclic) bond motifs is 2. The molecule has 11 rings (SSSR count).